The van der Waals surface area contributed by atoms with Gasteiger partial charge >= 0.3 is 12.6 Å². The summed E-state index contributed by atoms with van der Waals surface area (Å²) in [5.74, 6) is -1.32. The second kappa shape index (κ2) is 10.2. The summed E-state index contributed by atoms with van der Waals surface area (Å²) in [4.78, 5) is 23.8. The Hall–Kier alpha value is -3.38. The number of amides is 1. The number of halogens is 3. The van der Waals surface area contributed by atoms with Gasteiger partial charge in [-0.15, -0.1) is 0 Å². The minimum Gasteiger partial charge on any atom is -0.479 e. The van der Waals surface area contributed by atoms with E-state index in [-0.39, 0.29) is 16.5 Å². The first-order chi connectivity index (χ1) is 13.8. The van der Waals surface area contributed by atoms with Gasteiger partial charge in [0.25, 0.3) is 5.91 Å². The van der Waals surface area contributed by atoms with Crippen molar-refractivity contribution in [2.75, 3.05) is 11.9 Å². The average molecular weight is 425 g/mol. The largest absolute Gasteiger partial charge is 0.479 e. The van der Waals surface area contributed by atoms with E-state index in [1.54, 1.807) is 0 Å². The van der Waals surface area contributed by atoms with Gasteiger partial charge < -0.3 is 19.5 Å². The van der Waals surface area contributed by atoms with E-state index in [1.165, 1.54) is 49.4 Å². The molecule has 0 aliphatic heterocycles. The molecule has 10 heteroatoms. The SMILES string of the molecule is C[C@@H](Oc1ccc(C#N)cc1)C(=O)OCC(=O)Nc1ccc(OC(F)F)c(Cl)c1. The maximum absolute atomic E-state index is 12.2. The molecule has 0 aliphatic rings. The van der Waals surface area contributed by atoms with Crippen LogP contribution < -0.4 is 14.8 Å². The van der Waals surface area contributed by atoms with E-state index in [0.29, 0.717) is 11.3 Å². The number of nitrogens with one attached hydrogen (secondary N) is 1. The quantitative estimate of drug-likeness (QED) is 0.648. The number of esters is 1. The van der Waals surface area contributed by atoms with Crippen LogP contribution >= 0.6 is 11.6 Å². The molecule has 0 aromatic heterocycles. The van der Waals surface area contributed by atoms with Crippen LogP contribution in [0.4, 0.5) is 14.5 Å². The molecule has 1 atom stereocenters. The van der Waals surface area contributed by atoms with Gasteiger partial charge in [0.15, 0.2) is 12.7 Å². The highest BCUT2D eigenvalue weighted by Gasteiger charge is 2.18. The molecule has 29 heavy (non-hydrogen) atoms. The normalized spacial score (nSPS) is 11.3. The first kappa shape index (κ1) is 21.9. The highest BCUT2D eigenvalue weighted by molar-refractivity contribution is 6.32. The van der Waals surface area contributed by atoms with Crippen molar-refractivity contribution in [2.24, 2.45) is 0 Å². The molecule has 0 unspecified atom stereocenters. The molecule has 0 saturated heterocycles. The average Bonchev–Trinajstić information content (AvgIpc) is 2.68. The Morgan fingerprint density at radius 3 is 2.45 bits per heavy atom. The van der Waals surface area contributed by atoms with E-state index in [9.17, 15) is 18.4 Å². The number of nitriles is 1. The smallest absolute Gasteiger partial charge is 0.387 e. The summed E-state index contributed by atoms with van der Waals surface area (Å²) in [5.41, 5.74) is 0.651. The Morgan fingerprint density at radius 1 is 1.17 bits per heavy atom. The molecule has 0 aliphatic carbocycles. The Kier molecular flexibility index (Phi) is 7.74. The summed E-state index contributed by atoms with van der Waals surface area (Å²) < 4.78 is 38.9. The minimum absolute atomic E-state index is 0.121. The third-order valence-corrected chi connectivity index (χ3v) is 3.70. The highest BCUT2D eigenvalue weighted by atomic mass is 35.5. The van der Waals surface area contributed by atoms with Crippen LogP contribution in [0.25, 0.3) is 0 Å². The van der Waals surface area contributed by atoms with Gasteiger partial charge in [-0.2, -0.15) is 14.0 Å². The van der Waals surface area contributed by atoms with Crippen molar-refractivity contribution in [2.45, 2.75) is 19.6 Å². The topological polar surface area (TPSA) is 97.6 Å². The molecule has 0 fully saturated rings. The molecule has 0 saturated carbocycles. The van der Waals surface area contributed by atoms with Crippen LogP contribution in [0, 0.1) is 11.3 Å². The minimum atomic E-state index is -3.03. The third kappa shape index (κ3) is 6.93. The number of benzene rings is 2. The van der Waals surface area contributed by atoms with E-state index in [2.05, 4.69) is 10.1 Å². The lowest BCUT2D eigenvalue weighted by Gasteiger charge is -2.14. The van der Waals surface area contributed by atoms with Crippen molar-refractivity contribution < 1.29 is 32.6 Å². The molecule has 7 nitrogen and oxygen atoms in total. The summed E-state index contributed by atoms with van der Waals surface area (Å²) in [7, 11) is 0. The Balaban J connectivity index is 1.82. The van der Waals surface area contributed by atoms with Crippen molar-refractivity contribution in [3.8, 4) is 17.6 Å². The first-order valence-electron chi connectivity index (χ1n) is 8.16. The van der Waals surface area contributed by atoms with Gasteiger partial charge in [0.05, 0.1) is 16.7 Å². The fourth-order valence-electron chi connectivity index (χ4n) is 2.08. The number of carbonyl (C=O) groups is 2. The molecule has 2 aromatic rings. The first-order valence-corrected chi connectivity index (χ1v) is 8.54. The number of rotatable bonds is 8. The third-order valence-electron chi connectivity index (χ3n) is 3.41. The van der Waals surface area contributed by atoms with E-state index < -0.39 is 31.2 Å². The zero-order chi connectivity index (χ0) is 21.4. The summed E-state index contributed by atoms with van der Waals surface area (Å²) in [6.07, 6.45) is -0.990. The van der Waals surface area contributed by atoms with Gasteiger partial charge in [-0.3, -0.25) is 4.79 Å². The van der Waals surface area contributed by atoms with Gasteiger partial charge in [0.1, 0.15) is 11.5 Å². The van der Waals surface area contributed by atoms with Gasteiger partial charge in [-0.1, -0.05) is 11.6 Å². The molecule has 2 rings (SSSR count). The summed E-state index contributed by atoms with van der Waals surface area (Å²) >= 11 is 5.79. The number of anilines is 1. The lowest BCUT2D eigenvalue weighted by molar-refractivity contribution is -0.153. The molecule has 2 aromatic carbocycles. The van der Waals surface area contributed by atoms with E-state index in [0.717, 1.165) is 0 Å². The standard InChI is InChI=1S/C19H15ClF2N2O5/c1-11(28-14-5-2-12(9-23)3-6-14)18(26)27-10-17(25)24-13-4-7-16(15(20)8-13)29-19(21)22/h2-8,11,19H,10H2,1H3,(H,24,25)/t11-/m1/s1. The van der Waals surface area contributed by atoms with E-state index in [1.807, 2.05) is 6.07 Å². The van der Waals surface area contributed by atoms with Crippen molar-refractivity contribution in [1.82, 2.24) is 0 Å². The monoisotopic (exact) mass is 424 g/mol. The van der Waals surface area contributed by atoms with Crippen LogP contribution in [0.15, 0.2) is 42.5 Å². The van der Waals surface area contributed by atoms with Crippen molar-refractivity contribution in [1.29, 1.82) is 5.26 Å². The number of hydrogen-bond donors (Lipinski definition) is 1. The van der Waals surface area contributed by atoms with Gasteiger partial charge in [-0.25, -0.2) is 4.79 Å². The molecule has 0 bridgehead atoms. The van der Waals surface area contributed by atoms with Crippen LogP contribution in [-0.4, -0.2) is 31.2 Å². The van der Waals surface area contributed by atoms with Gasteiger partial charge in [0.2, 0.25) is 0 Å². The van der Waals surface area contributed by atoms with Gasteiger partial charge in [0, 0.05) is 5.69 Å². The summed E-state index contributed by atoms with van der Waals surface area (Å²) in [6, 6.07) is 11.8. The van der Waals surface area contributed by atoms with Crippen LogP contribution in [0.1, 0.15) is 12.5 Å². The van der Waals surface area contributed by atoms with Crippen LogP contribution in [0.2, 0.25) is 5.02 Å². The maximum Gasteiger partial charge on any atom is 0.387 e. The predicted molar refractivity (Wildman–Crippen MR) is 98.9 cm³/mol. The molecule has 0 radical (unpaired) electrons. The number of alkyl halides is 2. The van der Waals surface area contributed by atoms with Crippen LogP contribution in [-0.2, 0) is 14.3 Å². The van der Waals surface area contributed by atoms with Crippen LogP contribution in [0.3, 0.4) is 0 Å². The van der Waals surface area contributed by atoms with E-state index >= 15 is 0 Å². The molecule has 1 N–H and O–H groups in total. The summed E-state index contributed by atoms with van der Waals surface area (Å²) in [6.45, 7) is -2.17. The van der Waals surface area contributed by atoms with Crippen molar-refractivity contribution in [3.63, 3.8) is 0 Å². The Labute approximate surface area is 169 Å². The maximum atomic E-state index is 12.2. The van der Waals surface area contributed by atoms with Gasteiger partial charge in [-0.05, 0) is 49.4 Å². The number of nitrogens with zero attached hydrogens (tertiary/aromatic N) is 1. The lowest BCUT2D eigenvalue weighted by atomic mass is 10.2. The molecule has 1 amide bonds. The number of ether oxygens (including phenoxy) is 3. The van der Waals surface area contributed by atoms with Crippen molar-refractivity contribution in [3.05, 3.63) is 53.1 Å². The molecule has 152 valence electrons. The van der Waals surface area contributed by atoms with Crippen LogP contribution in [0.5, 0.6) is 11.5 Å². The lowest BCUT2D eigenvalue weighted by Crippen LogP contribution is -2.29. The second-order valence-electron chi connectivity index (χ2n) is 5.58. The van der Waals surface area contributed by atoms with E-state index in [4.69, 9.17) is 26.3 Å². The molecular weight excluding hydrogens is 410 g/mol. The zero-order valence-corrected chi connectivity index (χ0v) is 15.8. The highest BCUT2D eigenvalue weighted by Crippen LogP contribution is 2.28. The van der Waals surface area contributed by atoms with Crippen molar-refractivity contribution >= 4 is 29.2 Å². The molecule has 0 heterocycles. The molecular formula is C19H15ClF2N2O5. The summed E-state index contributed by atoms with van der Waals surface area (Å²) in [5, 5.41) is 11.0. The second-order valence-corrected chi connectivity index (χ2v) is 5.98. The number of hydrogen-bond acceptors (Lipinski definition) is 6. The Morgan fingerprint density at radius 2 is 1.86 bits per heavy atom. The fourth-order valence-corrected chi connectivity index (χ4v) is 2.31. The zero-order valence-electron chi connectivity index (χ0n) is 15.0. The fraction of sp³-hybridized carbons (Fsp3) is 0.211. The predicted octanol–water partition coefficient (Wildman–Crippen LogP) is 3.76. The Bertz CT molecular complexity index is 916. The number of carbonyl (C=O) groups excluding carboxylic acids is 2. The molecule has 0 spiro atoms.